The Hall–Kier alpha value is -4.95. The number of fused-ring (bicyclic) bond motifs is 3. The van der Waals surface area contributed by atoms with Gasteiger partial charge in [0, 0.05) is 19.0 Å². The lowest BCUT2D eigenvalue weighted by Gasteiger charge is -2.25. The lowest BCUT2D eigenvalue weighted by molar-refractivity contribution is -0.142. The maximum atomic E-state index is 13.5. The second kappa shape index (κ2) is 13.1. The van der Waals surface area contributed by atoms with Gasteiger partial charge in [-0.05, 0) is 40.4 Å². The van der Waals surface area contributed by atoms with Crippen LogP contribution in [0.3, 0.4) is 0 Å². The van der Waals surface area contributed by atoms with Gasteiger partial charge in [-0.1, -0.05) is 109 Å². The van der Waals surface area contributed by atoms with Gasteiger partial charge in [0.05, 0.1) is 0 Å². The molecule has 2 atom stereocenters. The number of benzene rings is 4. The van der Waals surface area contributed by atoms with E-state index in [1.807, 2.05) is 71.6 Å². The summed E-state index contributed by atoms with van der Waals surface area (Å²) >= 11 is 0. The van der Waals surface area contributed by atoms with Crippen LogP contribution in [0.25, 0.3) is 11.1 Å². The van der Waals surface area contributed by atoms with Crippen molar-refractivity contribution in [3.8, 4) is 11.1 Å². The van der Waals surface area contributed by atoms with Crippen LogP contribution in [-0.2, 0) is 20.9 Å². The third-order valence-corrected chi connectivity index (χ3v) is 7.41. The molecule has 8 nitrogen and oxygen atoms in total. The van der Waals surface area contributed by atoms with Crippen LogP contribution in [0.5, 0.6) is 0 Å². The molecular weight excluding hydrogens is 530 g/mol. The van der Waals surface area contributed by atoms with Crippen LogP contribution in [0.2, 0.25) is 0 Å². The molecule has 1 aliphatic rings. The Morgan fingerprint density at radius 2 is 1.33 bits per heavy atom. The molecule has 0 fully saturated rings. The first-order valence-electron chi connectivity index (χ1n) is 13.8. The van der Waals surface area contributed by atoms with E-state index in [0.717, 1.165) is 27.8 Å². The minimum absolute atomic E-state index is 0.0718. The number of hydrogen-bond acceptors (Lipinski definition) is 5. The van der Waals surface area contributed by atoms with E-state index in [1.165, 1.54) is 0 Å². The second-order valence-corrected chi connectivity index (χ2v) is 10.4. The molecule has 4 aromatic carbocycles. The van der Waals surface area contributed by atoms with Crippen molar-refractivity contribution < 1.29 is 24.2 Å². The fourth-order valence-corrected chi connectivity index (χ4v) is 5.42. The third kappa shape index (κ3) is 6.67. The molecule has 0 radical (unpaired) electrons. The zero-order chi connectivity index (χ0) is 29.5. The van der Waals surface area contributed by atoms with Gasteiger partial charge >= 0.3 is 12.1 Å². The summed E-state index contributed by atoms with van der Waals surface area (Å²) < 4.78 is 5.67. The van der Waals surface area contributed by atoms with Crippen molar-refractivity contribution in [3.05, 3.63) is 131 Å². The van der Waals surface area contributed by atoms with Gasteiger partial charge in [-0.3, -0.25) is 9.69 Å². The van der Waals surface area contributed by atoms with Gasteiger partial charge in [0.15, 0.2) is 0 Å². The summed E-state index contributed by atoms with van der Waals surface area (Å²) in [6.07, 6.45) is -0.770. The number of carbonyl (C=O) groups excluding carboxylic acids is 2. The molecule has 0 heterocycles. The molecule has 1 aliphatic carbocycles. The van der Waals surface area contributed by atoms with Gasteiger partial charge in [0.25, 0.3) is 0 Å². The highest BCUT2D eigenvalue weighted by Gasteiger charge is 2.31. The quantitative estimate of drug-likeness (QED) is 0.238. The molecule has 42 heavy (non-hydrogen) atoms. The minimum atomic E-state index is -1.19. The van der Waals surface area contributed by atoms with E-state index < -0.39 is 30.1 Å². The van der Waals surface area contributed by atoms with Crippen LogP contribution in [0, 0.1) is 0 Å². The predicted molar refractivity (Wildman–Crippen MR) is 160 cm³/mol. The van der Waals surface area contributed by atoms with Crippen LogP contribution in [-0.4, -0.2) is 54.2 Å². The molecular formula is C34H33N3O5. The number of carbonyl (C=O) groups is 3. The van der Waals surface area contributed by atoms with Crippen LogP contribution < -0.4 is 10.6 Å². The van der Waals surface area contributed by atoms with Gasteiger partial charge in [-0.2, -0.15) is 0 Å². The van der Waals surface area contributed by atoms with E-state index in [1.54, 1.807) is 37.4 Å². The van der Waals surface area contributed by atoms with E-state index in [9.17, 15) is 19.5 Å². The van der Waals surface area contributed by atoms with Crippen molar-refractivity contribution >= 4 is 18.0 Å². The van der Waals surface area contributed by atoms with Crippen molar-refractivity contribution in [1.29, 1.82) is 0 Å². The molecule has 0 saturated heterocycles. The molecule has 214 valence electrons. The normalized spacial score (nSPS) is 13.5. The number of alkyl carbamates (subject to hydrolysis) is 1. The van der Waals surface area contributed by atoms with Crippen molar-refractivity contribution in [3.63, 3.8) is 0 Å². The zero-order valence-corrected chi connectivity index (χ0v) is 23.3. The number of carboxylic acid groups (broad SMARTS) is 1. The maximum Gasteiger partial charge on any atom is 0.408 e. The van der Waals surface area contributed by atoms with E-state index in [-0.39, 0.29) is 19.1 Å². The van der Waals surface area contributed by atoms with Crippen LogP contribution >= 0.6 is 0 Å². The Kier molecular flexibility index (Phi) is 8.94. The molecule has 8 heteroatoms. The Morgan fingerprint density at radius 1 is 0.786 bits per heavy atom. The number of nitrogens with zero attached hydrogens (tertiary/aromatic N) is 1. The number of rotatable bonds is 11. The average Bonchev–Trinajstić information content (AvgIpc) is 3.33. The molecule has 0 saturated carbocycles. The number of carboxylic acids is 1. The molecule has 0 aliphatic heterocycles. The molecule has 5 rings (SSSR count). The van der Waals surface area contributed by atoms with E-state index >= 15 is 0 Å². The second-order valence-electron chi connectivity index (χ2n) is 10.4. The molecule has 2 amide bonds. The minimum Gasteiger partial charge on any atom is -0.480 e. The number of likely N-dealkylation sites (N-methyl/N-ethyl adjacent to an activating group) is 1. The first-order valence-corrected chi connectivity index (χ1v) is 13.8. The van der Waals surface area contributed by atoms with Gasteiger partial charge in [-0.25, -0.2) is 9.59 Å². The van der Waals surface area contributed by atoms with Crippen LogP contribution in [0.4, 0.5) is 4.79 Å². The Bertz CT molecular complexity index is 1500. The number of nitrogens with one attached hydrogen (secondary N) is 2. The summed E-state index contributed by atoms with van der Waals surface area (Å²) in [6, 6.07) is 32.1. The third-order valence-electron chi connectivity index (χ3n) is 7.41. The van der Waals surface area contributed by atoms with Gasteiger partial charge in [-0.15, -0.1) is 0 Å². The van der Waals surface area contributed by atoms with Crippen molar-refractivity contribution in [2.75, 3.05) is 20.2 Å². The number of aliphatic carboxylic acids is 1. The van der Waals surface area contributed by atoms with E-state index in [0.29, 0.717) is 12.1 Å². The highest BCUT2D eigenvalue weighted by Crippen LogP contribution is 2.44. The maximum absolute atomic E-state index is 13.5. The summed E-state index contributed by atoms with van der Waals surface area (Å²) in [5.41, 5.74) is 5.90. The summed E-state index contributed by atoms with van der Waals surface area (Å²) in [5.74, 6) is -1.95. The van der Waals surface area contributed by atoms with Crippen molar-refractivity contribution in [2.24, 2.45) is 0 Å². The average molecular weight is 564 g/mol. The Labute approximate surface area is 244 Å². The molecule has 0 aromatic heterocycles. The highest BCUT2D eigenvalue weighted by atomic mass is 16.5. The summed E-state index contributed by atoms with van der Waals surface area (Å²) in [4.78, 5) is 40.5. The Balaban J connectivity index is 1.26. The first-order chi connectivity index (χ1) is 20.4. The molecule has 0 spiro atoms. The topological polar surface area (TPSA) is 108 Å². The van der Waals surface area contributed by atoms with Gasteiger partial charge in [0.2, 0.25) is 5.91 Å². The van der Waals surface area contributed by atoms with Crippen molar-refractivity contribution in [1.82, 2.24) is 15.5 Å². The molecule has 4 aromatic rings. The van der Waals surface area contributed by atoms with Gasteiger partial charge in [0.1, 0.15) is 18.7 Å². The molecule has 2 unspecified atom stereocenters. The summed E-state index contributed by atoms with van der Waals surface area (Å²) in [6.45, 7) is 0.675. The van der Waals surface area contributed by atoms with Crippen molar-refractivity contribution in [2.45, 2.75) is 24.5 Å². The van der Waals surface area contributed by atoms with E-state index in [2.05, 4.69) is 22.8 Å². The van der Waals surface area contributed by atoms with Crippen LogP contribution in [0.15, 0.2) is 109 Å². The largest absolute Gasteiger partial charge is 0.480 e. The lowest BCUT2D eigenvalue weighted by Crippen LogP contribution is -2.51. The smallest absolute Gasteiger partial charge is 0.408 e. The Morgan fingerprint density at radius 3 is 1.93 bits per heavy atom. The SMILES string of the molecule is CN(Cc1ccccc1)CC(NC(=O)C(NC(=O)OCC1c2ccccc2-c2ccccc21)c1ccccc1)C(=O)O. The summed E-state index contributed by atoms with van der Waals surface area (Å²) in [5, 5.41) is 15.2. The standard InChI is InChI=1S/C34H33N3O5/c1-37(20-23-12-4-2-5-13-23)21-30(33(39)40)35-32(38)31(24-14-6-3-7-15-24)36-34(41)42-22-29-27-18-10-8-16-25(27)26-17-9-11-19-28(26)29/h2-19,29-31H,20-22H2,1H3,(H,35,38)(H,36,41)(H,39,40). The highest BCUT2D eigenvalue weighted by molar-refractivity contribution is 5.90. The lowest BCUT2D eigenvalue weighted by atomic mass is 9.98. The summed E-state index contributed by atoms with van der Waals surface area (Å²) in [7, 11) is 1.79. The molecule has 0 bridgehead atoms. The first kappa shape index (κ1) is 28.6. The molecule has 3 N–H and O–H groups in total. The van der Waals surface area contributed by atoms with Gasteiger partial charge < -0.3 is 20.5 Å². The monoisotopic (exact) mass is 563 g/mol. The number of hydrogen-bond donors (Lipinski definition) is 3. The number of amides is 2. The van der Waals surface area contributed by atoms with E-state index in [4.69, 9.17) is 4.74 Å². The predicted octanol–water partition coefficient (Wildman–Crippen LogP) is 4.97. The fraction of sp³-hybridized carbons (Fsp3) is 0.206. The van der Waals surface area contributed by atoms with Crippen LogP contribution in [0.1, 0.15) is 34.2 Å². The zero-order valence-electron chi connectivity index (χ0n) is 23.3. The fourth-order valence-electron chi connectivity index (χ4n) is 5.42. The number of ether oxygens (including phenoxy) is 1.